The minimum absolute atomic E-state index is 0.144. The van der Waals surface area contributed by atoms with E-state index < -0.39 is 23.0 Å². The fourth-order valence-electron chi connectivity index (χ4n) is 2.92. The van der Waals surface area contributed by atoms with Gasteiger partial charge in [0.2, 0.25) is 0 Å². The first-order valence-corrected chi connectivity index (χ1v) is 9.82. The van der Waals surface area contributed by atoms with E-state index in [9.17, 15) is 22.3 Å². The Morgan fingerprint density at radius 3 is 2.44 bits per heavy atom. The van der Waals surface area contributed by atoms with Crippen LogP contribution in [-0.4, -0.2) is 26.5 Å². The van der Waals surface area contributed by atoms with Crippen LogP contribution in [0.5, 0.6) is 0 Å². The average molecular weight is 385 g/mol. The summed E-state index contributed by atoms with van der Waals surface area (Å²) < 4.78 is 53.1. The first-order valence-electron chi connectivity index (χ1n) is 7.56. The molecule has 2 aromatic rings. The number of rotatable bonds is 3. The van der Waals surface area contributed by atoms with Gasteiger partial charge in [0.1, 0.15) is 15.7 Å². The molecule has 0 spiro atoms. The Morgan fingerprint density at radius 1 is 1.20 bits per heavy atom. The number of sulfonamides is 1. The molecule has 134 valence electrons. The Bertz CT molecular complexity index is 978. The van der Waals surface area contributed by atoms with E-state index in [1.807, 2.05) is 0 Å². The molecule has 0 unspecified atom stereocenters. The zero-order valence-electron chi connectivity index (χ0n) is 13.9. The lowest BCUT2D eigenvalue weighted by Gasteiger charge is -2.30. The van der Waals surface area contributed by atoms with Crippen LogP contribution in [0.15, 0.2) is 24.3 Å². The van der Waals surface area contributed by atoms with Crippen LogP contribution < -0.4 is 4.31 Å². The van der Waals surface area contributed by atoms with Crippen LogP contribution in [0.4, 0.5) is 13.8 Å². The lowest BCUT2D eigenvalue weighted by Crippen LogP contribution is -2.38. The quantitative estimate of drug-likeness (QED) is 0.848. The third-order valence-corrected chi connectivity index (χ3v) is 7.47. The van der Waals surface area contributed by atoms with E-state index in [0.717, 1.165) is 20.5 Å². The van der Waals surface area contributed by atoms with Crippen LogP contribution in [0.2, 0.25) is 0 Å². The molecule has 1 aliphatic rings. The maximum absolute atomic E-state index is 13.1. The Hall–Kier alpha value is -1.93. The highest BCUT2D eigenvalue weighted by atomic mass is 32.2. The summed E-state index contributed by atoms with van der Waals surface area (Å²) in [6, 6.07) is 6.67. The van der Waals surface area contributed by atoms with Gasteiger partial charge >= 0.3 is 0 Å². The third-order valence-electron chi connectivity index (χ3n) is 4.29. The molecule has 1 aromatic carbocycles. The standard InChI is InChI=1S/C17H17F2NO3S2/c1-9-6-4-5-7-12(9)16-15(21)14-10(2)11(3)24-17(14)20(8-13(18)19)25(16,22)23/h4-7,13,21H,8H2,1-3H3. The monoisotopic (exact) mass is 385 g/mol. The van der Waals surface area contributed by atoms with Gasteiger partial charge in [-0.15, -0.1) is 11.3 Å². The summed E-state index contributed by atoms with van der Waals surface area (Å²) in [7, 11) is -4.31. The molecule has 1 N–H and O–H groups in total. The molecule has 0 fully saturated rings. The summed E-state index contributed by atoms with van der Waals surface area (Å²) >= 11 is 1.09. The summed E-state index contributed by atoms with van der Waals surface area (Å²) in [5.41, 5.74) is 1.96. The Balaban J connectivity index is 2.39. The van der Waals surface area contributed by atoms with Crippen molar-refractivity contribution in [2.45, 2.75) is 27.2 Å². The smallest absolute Gasteiger partial charge is 0.269 e. The van der Waals surface area contributed by atoms with Crippen LogP contribution in [0.1, 0.15) is 27.1 Å². The number of aryl methyl sites for hydroxylation is 2. The fraction of sp³-hybridized carbons (Fsp3) is 0.294. The van der Waals surface area contributed by atoms with Crippen LogP contribution in [0.3, 0.4) is 0 Å². The zero-order chi connectivity index (χ0) is 18.5. The molecule has 0 bridgehead atoms. The Kier molecular flexibility index (Phi) is 4.36. The minimum Gasteiger partial charge on any atom is -0.506 e. The van der Waals surface area contributed by atoms with Crippen molar-refractivity contribution < 1.29 is 22.3 Å². The van der Waals surface area contributed by atoms with Crippen molar-refractivity contribution in [3.05, 3.63) is 51.4 Å². The Labute approximate surface area is 149 Å². The number of hydrogen-bond donors (Lipinski definition) is 1. The predicted molar refractivity (Wildman–Crippen MR) is 96.7 cm³/mol. The molecule has 3 rings (SSSR count). The van der Waals surface area contributed by atoms with E-state index in [1.165, 1.54) is 0 Å². The van der Waals surface area contributed by atoms with Crippen LogP contribution in [-0.2, 0) is 10.0 Å². The topological polar surface area (TPSA) is 57.6 Å². The number of thiophene rings is 1. The normalized spacial score (nSPS) is 16.5. The van der Waals surface area contributed by atoms with Gasteiger partial charge in [-0.1, -0.05) is 24.3 Å². The molecule has 0 amide bonds. The summed E-state index contributed by atoms with van der Waals surface area (Å²) in [6.07, 6.45) is -2.83. The molecule has 0 aliphatic carbocycles. The molecule has 8 heteroatoms. The molecule has 0 atom stereocenters. The second kappa shape index (κ2) is 6.10. The van der Waals surface area contributed by atoms with E-state index in [2.05, 4.69) is 0 Å². The molecule has 4 nitrogen and oxygen atoms in total. The van der Waals surface area contributed by atoms with Gasteiger partial charge in [0.15, 0.2) is 0 Å². The van der Waals surface area contributed by atoms with Crippen molar-refractivity contribution in [1.82, 2.24) is 0 Å². The maximum atomic E-state index is 13.1. The number of anilines is 1. The third kappa shape index (κ3) is 2.73. The number of fused-ring (bicyclic) bond motifs is 1. The average Bonchev–Trinajstić information content (AvgIpc) is 2.81. The molecule has 1 aromatic heterocycles. The van der Waals surface area contributed by atoms with Crippen molar-refractivity contribution in [3.8, 4) is 0 Å². The first kappa shape index (κ1) is 17.9. The number of benzene rings is 1. The molecular weight excluding hydrogens is 368 g/mol. The van der Waals surface area contributed by atoms with Crippen LogP contribution >= 0.6 is 11.3 Å². The SMILES string of the molecule is Cc1ccccc1C1=C(O)c2c(sc(C)c2C)N(CC(F)F)S1(=O)=O. The van der Waals surface area contributed by atoms with E-state index in [4.69, 9.17) is 0 Å². The number of halogens is 2. The van der Waals surface area contributed by atoms with Crippen molar-refractivity contribution in [3.63, 3.8) is 0 Å². The van der Waals surface area contributed by atoms with Crippen LogP contribution in [0.25, 0.3) is 10.7 Å². The molecule has 0 radical (unpaired) electrons. The number of aliphatic hydroxyl groups excluding tert-OH is 1. The molecule has 25 heavy (non-hydrogen) atoms. The van der Waals surface area contributed by atoms with E-state index in [1.54, 1.807) is 45.0 Å². The number of hydrogen-bond acceptors (Lipinski definition) is 4. The second-order valence-electron chi connectivity index (χ2n) is 5.88. The molecule has 0 saturated heterocycles. The Morgan fingerprint density at radius 2 is 1.84 bits per heavy atom. The number of alkyl halides is 2. The van der Waals surface area contributed by atoms with Gasteiger partial charge in [0.25, 0.3) is 16.4 Å². The molecule has 0 saturated carbocycles. The van der Waals surface area contributed by atoms with Crippen LogP contribution in [0, 0.1) is 20.8 Å². The summed E-state index contributed by atoms with van der Waals surface area (Å²) in [5, 5.41) is 10.9. The number of nitrogens with zero attached hydrogens (tertiary/aromatic N) is 1. The highest BCUT2D eigenvalue weighted by Gasteiger charge is 2.42. The van der Waals surface area contributed by atoms with Crippen molar-refractivity contribution >= 4 is 37.0 Å². The minimum atomic E-state index is -4.31. The van der Waals surface area contributed by atoms with E-state index in [0.29, 0.717) is 22.3 Å². The van der Waals surface area contributed by atoms with Gasteiger partial charge in [-0.3, -0.25) is 4.31 Å². The van der Waals surface area contributed by atoms with Crippen molar-refractivity contribution in [1.29, 1.82) is 0 Å². The summed E-state index contributed by atoms with van der Waals surface area (Å²) in [5.74, 6) is -0.378. The van der Waals surface area contributed by atoms with Gasteiger partial charge < -0.3 is 5.11 Å². The number of aliphatic hydroxyl groups is 1. The van der Waals surface area contributed by atoms with Gasteiger partial charge in [0, 0.05) is 10.4 Å². The molecule has 2 heterocycles. The van der Waals surface area contributed by atoms with Crippen molar-refractivity contribution in [2.75, 3.05) is 10.8 Å². The summed E-state index contributed by atoms with van der Waals surface area (Å²) in [6.45, 7) is 4.28. The predicted octanol–water partition coefficient (Wildman–Crippen LogP) is 4.47. The highest BCUT2D eigenvalue weighted by molar-refractivity contribution is 8.02. The van der Waals surface area contributed by atoms with Gasteiger partial charge in [-0.2, -0.15) is 0 Å². The molecular formula is C17H17F2NO3S2. The van der Waals surface area contributed by atoms with E-state index >= 15 is 0 Å². The fourth-order valence-corrected chi connectivity index (χ4v) is 6.09. The highest BCUT2D eigenvalue weighted by Crippen LogP contribution is 2.49. The van der Waals surface area contributed by atoms with Gasteiger partial charge in [-0.05, 0) is 31.9 Å². The van der Waals surface area contributed by atoms with E-state index in [-0.39, 0.29) is 15.7 Å². The zero-order valence-corrected chi connectivity index (χ0v) is 15.5. The van der Waals surface area contributed by atoms with Crippen molar-refractivity contribution in [2.24, 2.45) is 0 Å². The first-order chi connectivity index (χ1) is 11.7. The maximum Gasteiger partial charge on any atom is 0.269 e. The largest absolute Gasteiger partial charge is 0.506 e. The lowest BCUT2D eigenvalue weighted by molar-refractivity contribution is 0.159. The molecule has 1 aliphatic heterocycles. The second-order valence-corrected chi connectivity index (χ2v) is 8.89. The van der Waals surface area contributed by atoms with Gasteiger partial charge in [-0.25, -0.2) is 17.2 Å². The lowest BCUT2D eigenvalue weighted by atomic mass is 10.0. The van der Waals surface area contributed by atoms with Gasteiger partial charge in [0.05, 0.1) is 12.1 Å². The summed E-state index contributed by atoms with van der Waals surface area (Å²) in [4.78, 5) is 0.455.